The number of aliphatic hydroxyl groups excluding tert-OH is 1. The van der Waals surface area contributed by atoms with Crippen LogP contribution in [0.1, 0.15) is 31.7 Å². The largest absolute Gasteiger partial charge is 0.391 e. The van der Waals surface area contributed by atoms with Crippen LogP contribution >= 0.6 is 24.0 Å². The van der Waals surface area contributed by atoms with E-state index in [1.54, 1.807) is 12.1 Å². The Kier molecular flexibility index (Phi) is 6.25. The number of aliphatic hydroxyl groups is 1. The summed E-state index contributed by atoms with van der Waals surface area (Å²) in [5.41, 5.74) is 1.05. The third-order valence-electron chi connectivity index (χ3n) is 4.62. The summed E-state index contributed by atoms with van der Waals surface area (Å²) in [6.07, 6.45) is 2.64. The molecule has 2 aliphatic rings. The van der Waals surface area contributed by atoms with Gasteiger partial charge in [-0.1, -0.05) is 12.1 Å². The van der Waals surface area contributed by atoms with Crippen molar-refractivity contribution in [3.63, 3.8) is 0 Å². The van der Waals surface area contributed by atoms with Gasteiger partial charge in [0.05, 0.1) is 12.6 Å². The zero-order valence-electron chi connectivity index (χ0n) is 13.5. The quantitative estimate of drug-likeness (QED) is 0.436. The van der Waals surface area contributed by atoms with Crippen LogP contribution in [0.25, 0.3) is 0 Å². The zero-order valence-corrected chi connectivity index (χ0v) is 15.8. The topological polar surface area (TPSA) is 47.9 Å². The minimum atomic E-state index is -0.262. The van der Waals surface area contributed by atoms with Crippen LogP contribution in [-0.4, -0.2) is 48.2 Å². The smallest absolute Gasteiger partial charge is 0.194 e. The van der Waals surface area contributed by atoms with Crippen molar-refractivity contribution < 1.29 is 9.50 Å². The Hall–Kier alpha value is -0.890. The fraction of sp³-hybridized carbons (Fsp3) is 0.588. The van der Waals surface area contributed by atoms with E-state index in [2.05, 4.69) is 10.2 Å². The molecule has 1 heterocycles. The Morgan fingerprint density at radius 1 is 1.48 bits per heavy atom. The highest BCUT2D eigenvalue weighted by atomic mass is 127. The van der Waals surface area contributed by atoms with Crippen molar-refractivity contribution in [2.24, 2.45) is 4.99 Å². The maximum Gasteiger partial charge on any atom is 0.194 e. The number of benzene rings is 1. The third-order valence-corrected chi connectivity index (χ3v) is 4.62. The number of rotatable bonds is 4. The van der Waals surface area contributed by atoms with Crippen molar-refractivity contribution in [1.82, 2.24) is 10.2 Å². The van der Waals surface area contributed by atoms with Crippen LogP contribution in [0.2, 0.25) is 0 Å². The van der Waals surface area contributed by atoms with E-state index in [0.717, 1.165) is 43.9 Å². The molecule has 6 heteroatoms. The molecule has 0 radical (unpaired) electrons. The Labute approximate surface area is 154 Å². The molecule has 4 nitrogen and oxygen atoms in total. The van der Waals surface area contributed by atoms with Crippen molar-refractivity contribution in [1.29, 1.82) is 0 Å². The molecule has 0 spiro atoms. The lowest BCUT2D eigenvalue weighted by Crippen LogP contribution is -2.41. The van der Waals surface area contributed by atoms with Crippen molar-refractivity contribution >= 4 is 29.9 Å². The lowest BCUT2D eigenvalue weighted by Gasteiger charge is -2.22. The predicted octanol–water partition coefficient (Wildman–Crippen LogP) is 2.51. The van der Waals surface area contributed by atoms with Crippen LogP contribution in [-0.2, 0) is 5.41 Å². The molecule has 0 aromatic heterocycles. The van der Waals surface area contributed by atoms with E-state index in [0.29, 0.717) is 13.1 Å². The van der Waals surface area contributed by atoms with Gasteiger partial charge in [0.25, 0.3) is 0 Å². The first-order valence-electron chi connectivity index (χ1n) is 8.10. The number of hydrogen-bond acceptors (Lipinski definition) is 2. The molecule has 0 unspecified atom stereocenters. The zero-order chi connectivity index (χ0) is 15.6. The van der Waals surface area contributed by atoms with Gasteiger partial charge in [-0.15, -0.1) is 24.0 Å². The maximum absolute atomic E-state index is 13.4. The van der Waals surface area contributed by atoms with Gasteiger partial charge in [0, 0.05) is 25.0 Å². The lowest BCUT2D eigenvalue weighted by atomic mass is 9.96. The molecule has 1 saturated heterocycles. The van der Waals surface area contributed by atoms with Gasteiger partial charge in [-0.25, -0.2) is 4.39 Å². The van der Waals surface area contributed by atoms with Gasteiger partial charge >= 0.3 is 0 Å². The van der Waals surface area contributed by atoms with Crippen LogP contribution < -0.4 is 5.32 Å². The highest BCUT2D eigenvalue weighted by Crippen LogP contribution is 2.48. The molecule has 1 atom stereocenters. The molecule has 2 N–H and O–H groups in total. The molecule has 128 valence electrons. The summed E-state index contributed by atoms with van der Waals surface area (Å²) < 4.78 is 13.4. The fourth-order valence-corrected chi connectivity index (χ4v) is 3.09. The molecule has 0 amide bonds. The number of β-amino-alcohol motifs (C(OH)–C–C–N with tert-alkyl or cyclic N) is 1. The van der Waals surface area contributed by atoms with Gasteiger partial charge in [0.1, 0.15) is 5.82 Å². The minimum absolute atomic E-state index is 0. The Morgan fingerprint density at radius 2 is 2.26 bits per heavy atom. The Bertz CT molecular complexity index is 563. The average Bonchev–Trinajstić information content (AvgIpc) is 3.18. The number of guanidine groups is 1. The van der Waals surface area contributed by atoms with Gasteiger partial charge in [0.15, 0.2) is 5.96 Å². The van der Waals surface area contributed by atoms with Crippen molar-refractivity contribution in [3.05, 3.63) is 35.6 Å². The number of halogens is 2. The third kappa shape index (κ3) is 4.35. The van der Waals surface area contributed by atoms with Gasteiger partial charge in [0.2, 0.25) is 0 Å². The number of aliphatic imine (C=N–C) groups is 1. The summed E-state index contributed by atoms with van der Waals surface area (Å²) in [7, 11) is 0. The number of hydrogen-bond donors (Lipinski definition) is 2. The van der Waals surface area contributed by atoms with Crippen molar-refractivity contribution in [2.45, 2.75) is 37.7 Å². The SMILES string of the molecule is CCNC(=NCC1(c2cccc(F)c2)CC1)N1CC[C@@H](O)C1.I. The highest BCUT2D eigenvalue weighted by Gasteiger charge is 2.44. The van der Waals surface area contributed by atoms with Gasteiger partial charge in [-0.2, -0.15) is 0 Å². The minimum Gasteiger partial charge on any atom is -0.391 e. The fourth-order valence-electron chi connectivity index (χ4n) is 3.09. The molecule has 2 fully saturated rings. The molecular formula is C17H25FIN3O. The highest BCUT2D eigenvalue weighted by molar-refractivity contribution is 14.0. The monoisotopic (exact) mass is 433 g/mol. The summed E-state index contributed by atoms with van der Waals surface area (Å²) in [6.45, 7) is 4.99. The van der Waals surface area contributed by atoms with E-state index in [-0.39, 0.29) is 41.3 Å². The van der Waals surface area contributed by atoms with E-state index in [9.17, 15) is 9.50 Å². The van der Waals surface area contributed by atoms with E-state index in [1.807, 2.05) is 13.0 Å². The van der Waals surface area contributed by atoms with E-state index in [1.165, 1.54) is 6.07 Å². The van der Waals surface area contributed by atoms with Crippen LogP contribution in [0.5, 0.6) is 0 Å². The van der Waals surface area contributed by atoms with Gasteiger partial charge in [-0.3, -0.25) is 4.99 Å². The standard InChI is InChI=1S/C17H24FN3O.HI/c1-2-19-16(21-9-6-15(22)11-21)20-12-17(7-8-17)13-4-3-5-14(18)10-13;/h3-5,10,15,22H,2,6-9,11-12H2,1H3,(H,19,20);1H/t15-;/m1./s1. The first-order valence-corrected chi connectivity index (χ1v) is 8.10. The van der Waals surface area contributed by atoms with Crippen LogP contribution in [0, 0.1) is 5.82 Å². The summed E-state index contributed by atoms with van der Waals surface area (Å²) >= 11 is 0. The molecule has 1 aliphatic carbocycles. The number of likely N-dealkylation sites (tertiary alicyclic amines) is 1. The first-order chi connectivity index (χ1) is 10.6. The second-order valence-electron chi connectivity index (χ2n) is 6.35. The molecule has 0 bridgehead atoms. The Balaban J connectivity index is 0.00000192. The van der Waals surface area contributed by atoms with Crippen LogP contribution in [0.3, 0.4) is 0 Å². The molecule has 1 aromatic carbocycles. The van der Waals surface area contributed by atoms with Gasteiger partial charge in [-0.05, 0) is 43.9 Å². The summed E-state index contributed by atoms with van der Waals surface area (Å²) in [6, 6.07) is 6.89. The van der Waals surface area contributed by atoms with Crippen LogP contribution in [0.15, 0.2) is 29.3 Å². The number of nitrogens with zero attached hydrogens (tertiary/aromatic N) is 2. The summed E-state index contributed by atoms with van der Waals surface area (Å²) in [4.78, 5) is 6.88. The summed E-state index contributed by atoms with van der Waals surface area (Å²) in [5.74, 6) is 0.684. The van der Waals surface area contributed by atoms with E-state index in [4.69, 9.17) is 4.99 Å². The first kappa shape index (κ1) is 18.4. The predicted molar refractivity (Wildman–Crippen MR) is 101 cm³/mol. The van der Waals surface area contributed by atoms with Crippen LogP contribution in [0.4, 0.5) is 4.39 Å². The van der Waals surface area contributed by atoms with E-state index >= 15 is 0 Å². The maximum atomic E-state index is 13.4. The summed E-state index contributed by atoms with van der Waals surface area (Å²) in [5, 5.41) is 13.0. The molecule has 1 saturated carbocycles. The molecule has 23 heavy (non-hydrogen) atoms. The Morgan fingerprint density at radius 3 is 2.83 bits per heavy atom. The second-order valence-corrected chi connectivity index (χ2v) is 6.35. The average molecular weight is 433 g/mol. The molecular weight excluding hydrogens is 408 g/mol. The number of nitrogens with one attached hydrogen (secondary N) is 1. The van der Waals surface area contributed by atoms with Crippen molar-refractivity contribution in [3.8, 4) is 0 Å². The molecule has 3 rings (SSSR count). The molecule has 1 aromatic rings. The van der Waals surface area contributed by atoms with Crippen molar-refractivity contribution in [2.75, 3.05) is 26.2 Å². The normalized spacial score (nSPS) is 22.7. The van der Waals surface area contributed by atoms with E-state index < -0.39 is 0 Å². The lowest BCUT2D eigenvalue weighted by molar-refractivity contribution is 0.188. The molecule has 1 aliphatic heterocycles. The van der Waals surface area contributed by atoms with Gasteiger partial charge < -0.3 is 15.3 Å². The second kappa shape index (κ2) is 7.79.